The summed E-state index contributed by atoms with van der Waals surface area (Å²) in [5.41, 5.74) is 0.959. The van der Waals surface area contributed by atoms with E-state index in [1.165, 1.54) is 12.1 Å². The van der Waals surface area contributed by atoms with Gasteiger partial charge >= 0.3 is 0 Å². The molecule has 0 aromatic heterocycles. The SMILES string of the molecule is CN=CC(C)c1cccc(F)c1. The third-order valence-electron chi connectivity index (χ3n) is 1.75. The van der Waals surface area contributed by atoms with Crippen molar-refractivity contribution >= 4 is 6.21 Å². The van der Waals surface area contributed by atoms with E-state index in [2.05, 4.69) is 4.99 Å². The molecular weight excluding hydrogens is 153 g/mol. The number of nitrogens with zero attached hydrogens (tertiary/aromatic N) is 1. The van der Waals surface area contributed by atoms with E-state index in [-0.39, 0.29) is 11.7 Å². The van der Waals surface area contributed by atoms with Crippen LogP contribution in [0.25, 0.3) is 0 Å². The number of hydrogen-bond donors (Lipinski definition) is 0. The normalized spacial score (nSPS) is 13.6. The van der Waals surface area contributed by atoms with Crippen LogP contribution in [-0.4, -0.2) is 13.3 Å². The van der Waals surface area contributed by atoms with Gasteiger partial charge in [-0.3, -0.25) is 0 Å². The van der Waals surface area contributed by atoms with Gasteiger partial charge in [0, 0.05) is 19.2 Å². The molecule has 0 amide bonds. The Bertz CT molecular complexity index is 281. The van der Waals surface area contributed by atoms with Gasteiger partial charge in [0.15, 0.2) is 0 Å². The van der Waals surface area contributed by atoms with Crippen LogP contribution in [0.2, 0.25) is 0 Å². The van der Waals surface area contributed by atoms with E-state index in [9.17, 15) is 4.39 Å². The molecule has 0 spiro atoms. The molecule has 1 unspecified atom stereocenters. The van der Waals surface area contributed by atoms with Crippen molar-refractivity contribution in [3.63, 3.8) is 0 Å². The van der Waals surface area contributed by atoms with Crippen LogP contribution >= 0.6 is 0 Å². The lowest BCUT2D eigenvalue weighted by Gasteiger charge is -2.04. The standard InChI is InChI=1S/C10H12FN/c1-8(7-12-2)9-4-3-5-10(11)6-9/h3-8H,1-2H3. The summed E-state index contributed by atoms with van der Waals surface area (Å²) >= 11 is 0. The zero-order chi connectivity index (χ0) is 8.97. The van der Waals surface area contributed by atoms with Crippen molar-refractivity contribution in [2.75, 3.05) is 7.05 Å². The highest BCUT2D eigenvalue weighted by atomic mass is 19.1. The topological polar surface area (TPSA) is 12.4 Å². The van der Waals surface area contributed by atoms with Crippen molar-refractivity contribution in [2.24, 2.45) is 4.99 Å². The summed E-state index contributed by atoms with van der Waals surface area (Å²) in [6.07, 6.45) is 1.80. The second-order valence-electron chi connectivity index (χ2n) is 2.75. The summed E-state index contributed by atoms with van der Waals surface area (Å²) < 4.78 is 12.7. The van der Waals surface area contributed by atoms with Crippen LogP contribution in [0.15, 0.2) is 29.3 Å². The first-order valence-electron chi connectivity index (χ1n) is 3.92. The van der Waals surface area contributed by atoms with Crippen LogP contribution in [0.3, 0.4) is 0 Å². The third-order valence-corrected chi connectivity index (χ3v) is 1.75. The van der Waals surface area contributed by atoms with E-state index < -0.39 is 0 Å². The van der Waals surface area contributed by atoms with Gasteiger partial charge in [-0.1, -0.05) is 19.1 Å². The molecular formula is C10H12FN. The van der Waals surface area contributed by atoms with Gasteiger partial charge in [0.1, 0.15) is 5.82 Å². The number of rotatable bonds is 2. The lowest BCUT2D eigenvalue weighted by molar-refractivity contribution is 0.625. The van der Waals surface area contributed by atoms with Gasteiger partial charge in [-0.05, 0) is 17.7 Å². The first-order valence-corrected chi connectivity index (χ1v) is 3.92. The highest BCUT2D eigenvalue weighted by molar-refractivity contribution is 5.66. The summed E-state index contributed by atoms with van der Waals surface area (Å²) in [5, 5.41) is 0. The fourth-order valence-electron chi connectivity index (χ4n) is 1.10. The number of benzene rings is 1. The molecule has 1 atom stereocenters. The van der Waals surface area contributed by atoms with E-state index in [1.807, 2.05) is 13.0 Å². The monoisotopic (exact) mass is 165 g/mol. The first kappa shape index (κ1) is 8.91. The molecule has 0 fully saturated rings. The Morgan fingerprint density at radius 2 is 2.25 bits per heavy atom. The zero-order valence-corrected chi connectivity index (χ0v) is 7.29. The molecule has 0 heterocycles. The Balaban J connectivity index is 2.87. The third kappa shape index (κ3) is 2.16. The van der Waals surface area contributed by atoms with E-state index in [1.54, 1.807) is 19.3 Å². The smallest absolute Gasteiger partial charge is 0.123 e. The van der Waals surface area contributed by atoms with E-state index in [0.29, 0.717) is 0 Å². The maximum absolute atomic E-state index is 12.7. The molecule has 1 nitrogen and oxygen atoms in total. The molecule has 1 rings (SSSR count). The van der Waals surface area contributed by atoms with Gasteiger partial charge < -0.3 is 4.99 Å². The first-order chi connectivity index (χ1) is 5.74. The largest absolute Gasteiger partial charge is 0.300 e. The molecule has 0 aliphatic carbocycles. The predicted molar refractivity (Wildman–Crippen MR) is 49.2 cm³/mol. The van der Waals surface area contributed by atoms with Gasteiger partial charge in [0.2, 0.25) is 0 Å². The van der Waals surface area contributed by atoms with Crippen LogP contribution in [-0.2, 0) is 0 Å². The summed E-state index contributed by atoms with van der Waals surface area (Å²) in [4.78, 5) is 3.89. The molecule has 0 bridgehead atoms. The quantitative estimate of drug-likeness (QED) is 0.597. The minimum absolute atomic E-state index is 0.186. The Hall–Kier alpha value is -1.18. The number of hydrogen-bond acceptors (Lipinski definition) is 1. The summed E-state index contributed by atoms with van der Waals surface area (Å²) in [6.45, 7) is 1.99. The van der Waals surface area contributed by atoms with E-state index >= 15 is 0 Å². The highest BCUT2D eigenvalue weighted by Crippen LogP contribution is 2.13. The molecule has 12 heavy (non-hydrogen) atoms. The van der Waals surface area contributed by atoms with Crippen LogP contribution in [0.1, 0.15) is 18.4 Å². The number of halogens is 1. The average molecular weight is 165 g/mol. The molecule has 0 saturated carbocycles. The Morgan fingerprint density at radius 3 is 2.83 bits per heavy atom. The van der Waals surface area contributed by atoms with Gasteiger partial charge in [-0.25, -0.2) is 4.39 Å². The van der Waals surface area contributed by atoms with E-state index in [0.717, 1.165) is 5.56 Å². The van der Waals surface area contributed by atoms with Gasteiger partial charge in [-0.2, -0.15) is 0 Å². The van der Waals surface area contributed by atoms with Crippen molar-refractivity contribution in [3.8, 4) is 0 Å². The second kappa shape index (κ2) is 4.00. The average Bonchev–Trinajstić information content (AvgIpc) is 2.05. The van der Waals surface area contributed by atoms with Crippen LogP contribution in [0.4, 0.5) is 4.39 Å². The Labute approximate surface area is 72.0 Å². The molecule has 1 aromatic carbocycles. The maximum atomic E-state index is 12.7. The van der Waals surface area contributed by atoms with Crippen molar-refractivity contribution in [1.82, 2.24) is 0 Å². The Kier molecular flexibility index (Phi) is 2.97. The fourth-order valence-corrected chi connectivity index (χ4v) is 1.10. The minimum Gasteiger partial charge on any atom is -0.300 e. The highest BCUT2D eigenvalue weighted by Gasteiger charge is 2.01. The molecule has 1 aromatic rings. The lowest BCUT2D eigenvalue weighted by atomic mass is 10.0. The predicted octanol–water partition coefficient (Wildman–Crippen LogP) is 2.63. The van der Waals surface area contributed by atoms with Gasteiger partial charge in [-0.15, -0.1) is 0 Å². The van der Waals surface area contributed by atoms with Crippen molar-refractivity contribution in [2.45, 2.75) is 12.8 Å². The lowest BCUT2D eigenvalue weighted by Crippen LogP contribution is -1.94. The fraction of sp³-hybridized carbons (Fsp3) is 0.300. The second-order valence-corrected chi connectivity index (χ2v) is 2.75. The Morgan fingerprint density at radius 1 is 1.50 bits per heavy atom. The molecule has 0 aliphatic heterocycles. The molecule has 64 valence electrons. The molecule has 2 heteroatoms. The van der Waals surface area contributed by atoms with Crippen LogP contribution in [0.5, 0.6) is 0 Å². The molecule has 0 N–H and O–H groups in total. The van der Waals surface area contributed by atoms with Crippen molar-refractivity contribution in [3.05, 3.63) is 35.6 Å². The van der Waals surface area contributed by atoms with Gasteiger partial charge in [0.25, 0.3) is 0 Å². The van der Waals surface area contributed by atoms with Crippen molar-refractivity contribution < 1.29 is 4.39 Å². The molecule has 0 saturated heterocycles. The molecule has 0 aliphatic rings. The van der Waals surface area contributed by atoms with Crippen LogP contribution < -0.4 is 0 Å². The van der Waals surface area contributed by atoms with Crippen molar-refractivity contribution in [1.29, 1.82) is 0 Å². The zero-order valence-electron chi connectivity index (χ0n) is 7.29. The number of aliphatic imine (C=N–C) groups is 1. The molecule has 0 radical (unpaired) electrons. The summed E-state index contributed by atoms with van der Waals surface area (Å²) in [5.74, 6) is -0.00504. The van der Waals surface area contributed by atoms with Crippen LogP contribution in [0, 0.1) is 5.82 Å². The maximum Gasteiger partial charge on any atom is 0.123 e. The minimum atomic E-state index is -0.191. The summed E-state index contributed by atoms with van der Waals surface area (Å²) in [7, 11) is 1.72. The van der Waals surface area contributed by atoms with E-state index in [4.69, 9.17) is 0 Å². The summed E-state index contributed by atoms with van der Waals surface area (Å²) in [6, 6.07) is 6.59. The van der Waals surface area contributed by atoms with Gasteiger partial charge in [0.05, 0.1) is 0 Å².